The first-order valence-corrected chi connectivity index (χ1v) is 7.85. The molecule has 0 aliphatic carbocycles. The first-order valence-electron chi connectivity index (χ1n) is 7.85. The molecule has 3 nitrogen and oxygen atoms in total. The Labute approximate surface area is 133 Å². The molecule has 0 spiro atoms. The fourth-order valence-electron chi connectivity index (χ4n) is 2.01. The van der Waals surface area contributed by atoms with Crippen LogP contribution in [0.2, 0.25) is 0 Å². The second-order valence-corrected chi connectivity index (χ2v) is 6.10. The Morgan fingerprint density at radius 2 is 1.95 bits per heavy atom. The number of fused-ring (bicyclic) bond motifs is 1. The molecule has 0 aliphatic heterocycles. The first-order chi connectivity index (χ1) is 10.6. The summed E-state index contributed by atoms with van der Waals surface area (Å²) < 4.78 is 11.7. The van der Waals surface area contributed by atoms with E-state index >= 15 is 0 Å². The summed E-state index contributed by atoms with van der Waals surface area (Å²) in [6.07, 6.45) is 3.07. The van der Waals surface area contributed by atoms with Crippen molar-refractivity contribution in [3.05, 3.63) is 42.0 Å². The van der Waals surface area contributed by atoms with Crippen molar-refractivity contribution in [2.45, 2.75) is 34.1 Å². The van der Waals surface area contributed by atoms with Crippen LogP contribution in [0.4, 0.5) is 0 Å². The monoisotopic (exact) mass is 299 g/mol. The molecule has 0 atom stereocenters. The molecule has 118 valence electrons. The van der Waals surface area contributed by atoms with E-state index in [4.69, 9.17) is 9.47 Å². The van der Waals surface area contributed by atoms with Gasteiger partial charge in [-0.05, 0) is 44.4 Å². The number of benzene rings is 1. The Balaban J connectivity index is 2.21. The minimum absolute atomic E-state index is 0.527. The van der Waals surface area contributed by atoms with E-state index in [0.717, 1.165) is 23.1 Å². The molecule has 0 unspecified atom stereocenters. The van der Waals surface area contributed by atoms with Crippen LogP contribution in [-0.2, 0) is 0 Å². The van der Waals surface area contributed by atoms with Crippen LogP contribution in [0, 0.1) is 5.92 Å². The van der Waals surface area contributed by atoms with Gasteiger partial charge in [0.2, 0.25) is 5.88 Å². The van der Waals surface area contributed by atoms with Gasteiger partial charge >= 0.3 is 0 Å². The van der Waals surface area contributed by atoms with E-state index in [9.17, 15) is 0 Å². The fraction of sp³-hybridized carbons (Fsp3) is 0.421. The normalized spacial score (nSPS) is 10.8. The summed E-state index contributed by atoms with van der Waals surface area (Å²) in [5.41, 5.74) is 2.13. The highest BCUT2D eigenvalue weighted by Gasteiger charge is 2.08. The van der Waals surface area contributed by atoms with Gasteiger partial charge in [0.15, 0.2) is 0 Å². The van der Waals surface area contributed by atoms with E-state index < -0.39 is 0 Å². The lowest BCUT2D eigenvalue weighted by Gasteiger charge is -2.12. The predicted molar refractivity (Wildman–Crippen MR) is 91.6 cm³/mol. The lowest BCUT2D eigenvalue weighted by molar-refractivity contribution is 0.288. The van der Waals surface area contributed by atoms with Gasteiger partial charge < -0.3 is 9.47 Å². The number of ether oxygens (including phenoxy) is 2. The number of para-hydroxylation sites is 1. The maximum Gasteiger partial charge on any atom is 0.217 e. The van der Waals surface area contributed by atoms with Crippen molar-refractivity contribution < 1.29 is 9.47 Å². The summed E-state index contributed by atoms with van der Waals surface area (Å²) in [5.74, 6) is 2.08. The zero-order valence-corrected chi connectivity index (χ0v) is 13.9. The van der Waals surface area contributed by atoms with Gasteiger partial charge in [0.25, 0.3) is 0 Å². The quantitative estimate of drug-likeness (QED) is 0.674. The van der Waals surface area contributed by atoms with Crippen LogP contribution in [0.1, 0.15) is 34.1 Å². The van der Waals surface area contributed by atoms with Gasteiger partial charge in [0.05, 0.1) is 12.1 Å². The van der Waals surface area contributed by atoms with Gasteiger partial charge in [-0.15, -0.1) is 0 Å². The second kappa shape index (κ2) is 7.83. The van der Waals surface area contributed by atoms with Gasteiger partial charge in [-0.1, -0.05) is 31.6 Å². The highest BCUT2D eigenvalue weighted by atomic mass is 16.5. The molecule has 2 aromatic rings. The van der Waals surface area contributed by atoms with E-state index in [1.165, 1.54) is 5.57 Å². The highest BCUT2D eigenvalue weighted by molar-refractivity contribution is 5.85. The zero-order valence-electron chi connectivity index (χ0n) is 13.9. The number of pyridine rings is 1. The third kappa shape index (κ3) is 4.76. The smallest absolute Gasteiger partial charge is 0.217 e. The zero-order chi connectivity index (χ0) is 15.9. The van der Waals surface area contributed by atoms with E-state index in [-0.39, 0.29) is 0 Å². The summed E-state index contributed by atoms with van der Waals surface area (Å²) >= 11 is 0. The van der Waals surface area contributed by atoms with Crippen LogP contribution in [0.3, 0.4) is 0 Å². The molecular formula is C19H25NO2. The summed E-state index contributed by atoms with van der Waals surface area (Å²) in [6, 6.07) is 9.89. The lowest BCUT2D eigenvalue weighted by atomic mass is 10.1. The number of hydrogen-bond donors (Lipinski definition) is 0. The molecule has 0 N–H and O–H groups in total. The first kappa shape index (κ1) is 16.3. The van der Waals surface area contributed by atoms with Crippen LogP contribution in [0.5, 0.6) is 11.6 Å². The molecule has 1 aromatic heterocycles. The molecular weight excluding hydrogens is 274 g/mol. The standard InChI is InChI=1S/C19H25NO2/c1-14(2)9-11-21-18-13-19(22-12-10-15(3)4)20-17-8-6-5-7-16(17)18/h5-8,10,13-14H,9,11-12H2,1-4H3. The topological polar surface area (TPSA) is 31.4 Å². The molecule has 0 bridgehead atoms. The molecule has 1 aromatic carbocycles. The third-order valence-electron chi connectivity index (χ3n) is 3.33. The third-order valence-corrected chi connectivity index (χ3v) is 3.33. The van der Waals surface area contributed by atoms with Gasteiger partial charge in [-0.2, -0.15) is 0 Å². The van der Waals surface area contributed by atoms with Gasteiger partial charge in [0.1, 0.15) is 12.4 Å². The highest BCUT2D eigenvalue weighted by Crippen LogP contribution is 2.28. The van der Waals surface area contributed by atoms with Crippen molar-refractivity contribution in [1.82, 2.24) is 4.98 Å². The minimum Gasteiger partial charge on any atom is -0.493 e. The number of aromatic nitrogens is 1. The van der Waals surface area contributed by atoms with Crippen LogP contribution in [-0.4, -0.2) is 18.2 Å². The molecule has 0 saturated heterocycles. The van der Waals surface area contributed by atoms with Gasteiger partial charge in [-0.3, -0.25) is 0 Å². The van der Waals surface area contributed by atoms with E-state index in [1.54, 1.807) is 0 Å². The molecule has 0 aliphatic rings. The van der Waals surface area contributed by atoms with Crippen molar-refractivity contribution in [3.8, 4) is 11.6 Å². The lowest BCUT2D eigenvalue weighted by Crippen LogP contribution is -2.03. The summed E-state index contributed by atoms with van der Waals surface area (Å²) in [4.78, 5) is 4.54. The molecule has 1 heterocycles. The predicted octanol–water partition coefficient (Wildman–Crippen LogP) is 5.00. The number of rotatable bonds is 7. The van der Waals surface area contributed by atoms with Crippen molar-refractivity contribution >= 4 is 10.9 Å². The SMILES string of the molecule is CC(C)=CCOc1cc(OCCC(C)C)c2ccccc2n1. The van der Waals surface area contributed by atoms with E-state index in [1.807, 2.05) is 36.4 Å². The Morgan fingerprint density at radius 1 is 1.18 bits per heavy atom. The Bertz CT molecular complexity index is 643. The molecule has 2 rings (SSSR count). The maximum absolute atomic E-state index is 5.96. The van der Waals surface area contributed by atoms with Gasteiger partial charge in [0, 0.05) is 11.5 Å². The van der Waals surface area contributed by atoms with Crippen molar-refractivity contribution in [2.24, 2.45) is 5.92 Å². The second-order valence-electron chi connectivity index (χ2n) is 6.10. The maximum atomic E-state index is 5.96. The average molecular weight is 299 g/mol. The largest absolute Gasteiger partial charge is 0.493 e. The fourth-order valence-corrected chi connectivity index (χ4v) is 2.01. The van der Waals surface area contributed by atoms with Crippen LogP contribution in [0.15, 0.2) is 42.0 Å². The van der Waals surface area contributed by atoms with Crippen molar-refractivity contribution in [1.29, 1.82) is 0 Å². The Morgan fingerprint density at radius 3 is 2.68 bits per heavy atom. The minimum atomic E-state index is 0.527. The Kier molecular flexibility index (Phi) is 5.82. The van der Waals surface area contributed by atoms with Crippen molar-refractivity contribution in [2.75, 3.05) is 13.2 Å². The van der Waals surface area contributed by atoms with Crippen molar-refractivity contribution in [3.63, 3.8) is 0 Å². The van der Waals surface area contributed by atoms with Gasteiger partial charge in [-0.25, -0.2) is 4.98 Å². The molecule has 0 amide bonds. The Hall–Kier alpha value is -2.03. The van der Waals surface area contributed by atoms with Crippen LogP contribution in [0.25, 0.3) is 10.9 Å². The summed E-state index contributed by atoms with van der Waals surface area (Å²) in [7, 11) is 0. The average Bonchev–Trinajstić information content (AvgIpc) is 2.46. The molecule has 0 fully saturated rings. The number of hydrogen-bond acceptors (Lipinski definition) is 3. The molecule has 22 heavy (non-hydrogen) atoms. The van der Waals surface area contributed by atoms with Crippen LogP contribution >= 0.6 is 0 Å². The molecule has 0 radical (unpaired) electrons. The summed E-state index contributed by atoms with van der Waals surface area (Å²) in [6.45, 7) is 9.73. The van der Waals surface area contributed by atoms with E-state index in [0.29, 0.717) is 25.0 Å². The van der Waals surface area contributed by atoms with E-state index in [2.05, 4.69) is 32.7 Å². The molecule has 0 saturated carbocycles. The number of allylic oxidation sites excluding steroid dienone is 1. The number of nitrogens with zero attached hydrogens (tertiary/aromatic N) is 1. The summed E-state index contributed by atoms with van der Waals surface area (Å²) in [5, 5.41) is 1.03. The van der Waals surface area contributed by atoms with Crippen LogP contribution < -0.4 is 9.47 Å². The molecule has 3 heteroatoms.